The van der Waals surface area contributed by atoms with E-state index in [1.165, 1.54) is 14.2 Å². The maximum absolute atomic E-state index is 13.0. The van der Waals surface area contributed by atoms with E-state index >= 15 is 0 Å². The van der Waals surface area contributed by atoms with E-state index in [9.17, 15) is 19.2 Å². The normalized spacial score (nSPS) is 48.6. The lowest BCUT2D eigenvalue weighted by Crippen LogP contribution is -2.53. The Kier molecular flexibility index (Phi) is 4.18. The molecule has 5 fully saturated rings. The Bertz CT molecular complexity index is 681. The molecule has 0 bridgehead atoms. The van der Waals surface area contributed by atoms with Gasteiger partial charge in [-0.3, -0.25) is 19.2 Å². The minimum atomic E-state index is -0.673. The smallest absolute Gasteiger partial charge is 0.309 e. The lowest BCUT2D eigenvalue weighted by Gasteiger charge is -2.47. The average Bonchev–Trinajstić information content (AvgIpc) is 3.42. The lowest BCUT2D eigenvalue weighted by molar-refractivity contribution is -0.173. The molecule has 10 atom stereocenters. The number of ketones is 2. The van der Waals surface area contributed by atoms with E-state index in [4.69, 9.17) is 9.47 Å². The van der Waals surface area contributed by atoms with Crippen LogP contribution in [0.15, 0.2) is 0 Å². The Balaban J connectivity index is 1.63. The molecule has 0 aromatic carbocycles. The Labute approximate surface area is 164 Å². The summed E-state index contributed by atoms with van der Waals surface area (Å²) in [5.41, 5.74) is 0. The number of carbonyl (C=O) groups is 4. The van der Waals surface area contributed by atoms with Crippen molar-refractivity contribution in [1.82, 2.24) is 0 Å². The molecule has 6 unspecified atom stereocenters. The van der Waals surface area contributed by atoms with Gasteiger partial charge in [-0.05, 0) is 61.2 Å². The van der Waals surface area contributed by atoms with Crippen molar-refractivity contribution < 1.29 is 28.7 Å². The van der Waals surface area contributed by atoms with E-state index in [0.29, 0.717) is 24.7 Å². The van der Waals surface area contributed by atoms with Crippen molar-refractivity contribution >= 4 is 23.5 Å². The lowest BCUT2D eigenvalue weighted by atomic mass is 9.55. The van der Waals surface area contributed by atoms with Gasteiger partial charge in [-0.25, -0.2) is 0 Å². The minimum absolute atomic E-state index is 0.140. The van der Waals surface area contributed by atoms with Crippen molar-refractivity contribution in [2.75, 3.05) is 14.2 Å². The highest BCUT2D eigenvalue weighted by molar-refractivity contribution is 5.89. The number of hydrogen-bond acceptors (Lipinski definition) is 6. The Morgan fingerprint density at radius 1 is 0.750 bits per heavy atom. The number of rotatable bonds is 2. The van der Waals surface area contributed by atoms with E-state index in [0.717, 1.165) is 25.7 Å². The molecule has 0 spiro atoms. The Hall–Kier alpha value is -1.72. The first-order valence-corrected chi connectivity index (χ1v) is 10.7. The van der Waals surface area contributed by atoms with Crippen LogP contribution in [0.5, 0.6) is 0 Å². The fourth-order valence-electron chi connectivity index (χ4n) is 8.26. The molecule has 28 heavy (non-hydrogen) atoms. The highest BCUT2D eigenvalue weighted by Crippen LogP contribution is 2.67. The van der Waals surface area contributed by atoms with Crippen LogP contribution in [0.25, 0.3) is 0 Å². The molecular weight excluding hydrogens is 360 g/mol. The number of Topliss-reactive ketones (excluding diaryl/α,β-unsaturated/α-hetero) is 2. The van der Waals surface area contributed by atoms with Gasteiger partial charge in [0.2, 0.25) is 0 Å². The molecule has 0 N–H and O–H groups in total. The van der Waals surface area contributed by atoms with E-state index in [2.05, 4.69) is 0 Å². The summed E-state index contributed by atoms with van der Waals surface area (Å²) in [6.07, 6.45) is 4.81. The molecule has 0 aliphatic heterocycles. The predicted molar refractivity (Wildman–Crippen MR) is 96.6 cm³/mol. The Morgan fingerprint density at radius 2 is 1.14 bits per heavy atom. The molecule has 0 amide bonds. The van der Waals surface area contributed by atoms with E-state index in [1.807, 2.05) is 0 Å². The van der Waals surface area contributed by atoms with Crippen LogP contribution in [0.3, 0.4) is 0 Å². The number of esters is 2. The summed E-state index contributed by atoms with van der Waals surface area (Å²) in [6.45, 7) is 0. The molecule has 6 heteroatoms. The summed E-state index contributed by atoms with van der Waals surface area (Å²) in [7, 11) is 2.69. The monoisotopic (exact) mass is 388 g/mol. The molecule has 0 aromatic heterocycles. The molecule has 0 radical (unpaired) electrons. The zero-order chi connectivity index (χ0) is 19.7. The number of ether oxygens (including phenoxy) is 2. The molecule has 152 valence electrons. The molecule has 5 saturated carbocycles. The molecule has 5 rings (SSSR count). The van der Waals surface area contributed by atoms with Crippen molar-refractivity contribution in [2.45, 2.75) is 38.5 Å². The summed E-state index contributed by atoms with van der Waals surface area (Å²) in [6, 6.07) is 0. The predicted octanol–water partition coefficient (Wildman–Crippen LogP) is 2.04. The van der Waals surface area contributed by atoms with Gasteiger partial charge in [0.25, 0.3) is 0 Å². The van der Waals surface area contributed by atoms with Crippen molar-refractivity contribution in [3.63, 3.8) is 0 Å². The molecule has 0 saturated heterocycles. The second-order valence-electron chi connectivity index (χ2n) is 9.63. The van der Waals surface area contributed by atoms with Crippen LogP contribution in [0.1, 0.15) is 38.5 Å². The van der Waals surface area contributed by atoms with Crippen LogP contribution >= 0.6 is 0 Å². The molecule has 0 heterocycles. The van der Waals surface area contributed by atoms with Crippen LogP contribution in [0.4, 0.5) is 0 Å². The van der Waals surface area contributed by atoms with Gasteiger partial charge in [0.05, 0.1) is 26.1 Å². The van der Waals surface area contributed by atoms with Gasteiger partial charge in [-0.15, -0.1) is 0 Å². The van der Waals surface area contributed by atoms with Crippen LogP contribution < -0.4 is 0 Å². The summed E-state index contributed by atoms with van der Waals surface area (Å²) in [5.74, 6) is -1.20. The summed E-state index contributed by atoms with van der Waals surface area (Å²) < 4.78 is 10.3. The molecule has 0 aromatic rings. The van der Waals surface area contributed by atoms with Crippen LogP contribution in [0.2, 0.25) is 0 Å². The first-order chi connectivity index (χ1) is 13.5. The molecule has 6 nitrogen and oxygen atoms in total. The van der Waals surface area contributed by atoms with Gasteiger partial charge in [0, 0.05) is 24.7 Å². The second kappa shape index (κ2) is 6.39. The molecule has 5 aliphatic carbocycles. The topological polar surface area (TPSA) is 86.7 Å². The first-order valence-electron chi connectivity index (χ1n) is 10.7. The van der Waals surface area contributed by atoms with Crippen molar-refractivity contribution in [3.05, 3.63) is 0 Å². The van der Waals surface area contributed by atoms with Crippen molar-refractivity contribution in [2.24, 2.45) is 59.2 Å². The molecule has 5 aliphatic rings. The first kappa shape index (κ1) is 18.3. The second-order valence-corrected chi connectivity index (χ2v) is 9.63. The third-order valence-corrected chi connectivity index (χ3v) is 8.96. The third-order valence-electron chi connectivity index (χ3n) is 8.96. The van der Waals surface area contributed by atoms with E-state index in [-0.39, 0.29) is 47.1 Å². The maximum Gasteiger partial charge on any atom is 0.309 e. The van der Waals surface area contributed by atoms with E-state index < -0.39 is 23.8 Å². The highest BCUT2D eigenvalue weighted by Gasteiger charge is 2.68. The minimum Gasteiger partial charge on any atom is -0.469 e. The molecular formula is C22H28O6. The highest BCUT2D eigenvalue weighted by atomic mass is 16.5. The average molecular weight is 388 g/mol. The van der Waals surface area contributed by atoms with Crippen LogP contribution in [0, 0.1) is 59.2 Å². The Morgan fingerprint density at radius 3 is 1.50 bits per heavy atom. The van der Waals surface area contributed by atoms with Crippen molar-refractivity contribution in [1.29, 1.82) is 0 Å². The van der Waals surface area contributed by atoms with Gasteiger partial charge in [-0.1, -0.05) is 0 Å². The maximum atomic E-state index is 13.0. The quantitative estimate of drug-likeness (QED) is 0.673. The summed E-state index contributed by atoms with van der Waals surface area (Å²) >= 11 is 0. The third kappa shape index (κ3) is 2.26. The van der Waals surface area contributed by atoms with Gasteiger partial charge in [0.1, 0.15) is 11.6 Å². The van der Waals surface area contributed by atoms with Crippen LogP contribution in [-0.4, -0.2) is 37.7 Å². The fourth-order valence-corrected chi connectivity index (χ4v) is 8.26. The number of carbonyl (C=O) groups excluding carboxylic acids is 4. The number of fused-ring (bicyclic) bond motifs is 7. The van der Waals surface area contributed by atoms with Crippen molar-refractivity contribution in [3.8, 4) is 0 Å². The summed E-state index contributed by atoms with van der Waals surface area (Å²) in [5, 5.41) is 0. The largest absolute Gasteiger partial charge is 0.469 e. The van der Waals surface area contributed by atoms with Gasteiger partial charge in [-0.2, -0.15) is 0 Å². The standard InChI is InChI=1S/C22H28O6/c1-27-21(25)19-17-11(7-9-3-5-13(23)15(9)17)12-8-10-4-6-14(24)16(10)18(12)20(19)22(26)28-2/h9-12,15-20H,3-8H2,1-2H3/t9-,10?,11-,12?,15+,16?,17+,18?,19?,20?/m1/s1. The zero-order valence-corrected chi connectivity index (χ0v) is 16.5. The van der Waals surface area contributed by atoms with E-state index in [1.54, 1.807) is 0 Å². The SMILES string of the molecule is COC(=O)C1C2C3C(=O)CCC3CC2[C@H]2C[C@H]3CCC(=O)[C@H]3[C@H]2C1C(=O)OC. The van der Waals surface area contributed by atoms with Crippen LogP contribution in [-0.2, 0) is 28.7 Å². The van der Waals surface area contributed by atoms with Gasteiger partial charge in [0.15, 0.2) is 0 Å². The number of hydrogen-bond donors (Lipinski definition) is 0. The zero-order valence-electron chi connectivity index (χ0n) is 16.5. The summed E-state index contributed by atoms with van der Waals surface area (Å²) in [4.78, 5) is 51.4. The fraction of sp³-hybridized carbons (Fsp3) is 0.818. The van der Waals surface area contributed by atoms with Gasteiger partial charge < -0.3 is 9.47 Å². The van der Waals surface area contributed by atoms with Gasteiger partial charge >= 0.3 is 11.9 Å². The number of methoxy groups -OCH3 is 2.